The van der Waals surface area contributed by atoms with Gasteiger partial charge in [-0.25, -0.2) is 14.0 Å². The first-order valence-corrected chi connectivity index (χ1v) is 9.76. The van der Waals surface area contributed by atoms with Crippen LogP contribution in [0.1, 0.15) is 37.9 Å². The van der Waals surface area contributed by atoms with Crippen LogP contribution in [0.15, 0.2) is 59.8 Å². The molecule has 2 amide bonds. The molecule has 158 valence electrons. The molecule has 0 fully saturated rings. The average Bonchev–Trinajstić information content (AvgIpc) is 2.71. The van der Waals surface area contributed by atoms with Crippen LogP contribution in [-0.4, -0.2) is 18.6 Å². The van der Waals surface area contributed by atoms with Crippen molar-refractivity contribution in [2.24, 2.45) is 5.92 Å². The van der Waals surface area contributed by atoms with Crippen molar-refractivity contribution in [1.29, 1.82) is 0 Å². The Labute approximate surface area is 175 Å². The Morgan fingerprint density at radius 3 is 2.60 bits per heavy atom. The van der Waals surface area contributed by atoms with E-state index in [4.69, 9.17) is 9.47 Å². The third-order valence-electron chi connectivity index (χ3n) is 4.55. The maximum Gasteiger partial charge on any atom is 0.338 e. The molecule has 0 saturated carbocycles. The summed E-state index contributed by atoms with van der Waals surface area (Å²) in [5.41, 5.74) is 2.32. The van der Waals surface area contributed by atoms with Crippen molar-refractivity contribution < 1.29 is 23.5 Å². The highest BCUT2D eigenvalue weighted by Crippen LogP contribution is 2.30. The monoisotopic (exact) mass is 412 g/mol. The Kier molecular flexibility index (Phi) is 6.72. The second-order valence-electron chi connectivity index (χ2n) is 7.55. The average molecular weight is 412 g/mol. The lowest BCUT2D eigenvalue weighted by molar-refractivity contribution is -0.140. The van der Waals surface area contributed by atoms with E-state index in [9.17, 15) is 14.0 Å². The van der Waals surface area contributed by atoms with Crippen LogP contribution in [0.3, 0.4) is 0 Å². The minimum atomic E-state index is -0.659. The summed E-state index contributed by atoms with van der Waals surface area (Å²) in [5.74, 6) is -0.0161. The fraction of sp³-hybridized carbons (Fsp3) is 0.304. The smallest absolute Gasteiger partial charge is 0.338 e. The number of hydrogen-bond acceptors (Lipinski definition) is 4. The summed E-state index contributed by atoms with van der Waals surface area (Å²) in [6, 6.07) is 12.2. The van der Waals surface area contributed by atoms with Gasteiger partial charge in [0.05, 0.1) is 18.2 Å². The van der Waals surface area contributed by atoms with Crippen LogP contribution in [0.4, 0.5) is 9.18 Å². The number of benzene rings is 2. The van der Waals surface area contributed by atoms with E-state index in [1.807, 2.05) is 19.9 Å². The number of urea groups is 1. The van der Waals surface area contributed by atoms with Crippen molar-refractivity contribution in [3.63, 3.8) is 0 Å². The first-order chi connectivity index (χ1) is 14.3. The zero-order valence-electron chi connectivity index (χ0n) is 17.2. The number of carbonyl (C=O) groups is 2. The van der Waals surface area contributed by atoms with E-state index in [0.717, 1.165) is 5.56 Å². The third-order valence-corrected chi connectivity index (χ3v) is 4.55. The van der Waals surface area contributed by atoms with E-state index in [0.29, 0.717) is 22.6 Å². The third kappa shape index (κ3) is 5.37. The fourth-order valence-corrected chi connectivity index (χ4v) is 3.07. The Balaban J connectivity index is 1.80. The van der Waals surface area contributed by atoms with E-state index in [1.54, 1.807) is 37.3 Å². The van der Waals surface area contributed by atoms with Crippen LogP contribution in [0.25, 0.3) is 0 Å². The molecule has 0 spiro atoms. The van der Waals surface area contributed by atoms with Crippen LogP contribution in [0, 0.1) is 11.7 Å². The summed E-state index contributed by atoms with van der Waals surface area (Å²) in [6.07, 6.45) is 0. The maximum atomic E-state index is 13.1. The van der Waals surface area contributed by atoms with Crippen LogP contribution in [-0.2, 0) is 16.1 Å². The Morgan fingerprint density at radius 1 is 1.17 bits per heavy atom. The van der Waals surface area contributed by atoms with Gasteiger partial charge in [-0.15, -0.1) is 0 Å². The molecule has 0 saturated heterocycles. The molecule has 2 aromatic rings. The summed E-state index contributed by atoms with van der Waals surface area (Å²) in [6.45, 7) is 6.13. The first kappa shape index (κ1) is 21.4. The molecule has 1 aliphatic rings. The molecule has 6 nitrogen and oxygen atoms in total. The quantitative estimate of drug-likeness (QED) is 0.667. The number of halogens is 1. The standard InChI is InChI=1S/C23H25FN2O4/c1-14(2)12-30-22(27)20-15(3)25-23(28)26-21(20)17-5-4-6-19(11-17)29-13-16-7-9-18(24)10-8-16/h4-11,14,21H,12-13H2,1-3H3,(H2,25,26,28). The highest BCUT2D eigenvalue weighted by atomic mass is 19.1. The second kappa shape index (κ2) is 9.43. The molecule has 7 heteroatoms. The molecule has 1 atom stereocenters. The van der Waals surface area contributed by atoms with Gasteiger partial charge in [-0.1, -0.05) is 38.1 Å². The summed E-state index contributed by atoms with van der Waals surface area (Å²) >= 11 is 0. The van der Waals surface area contributed by atoms with E-state index in [-0.39, 0.29) is 24.9 Å². The van der Waals surface area contributed by atoms with Gasteiger partial charge in [-0.3, -0.25) is 0 Å². The number of rotatable bonds is 7. The van der Waals surface area contributed by atoms with Gasteiger partial charge in [0.15, 0.2) is 0 Å². The van der Waals surface area contributed by atoms with Crippen LogP contribution < -0.4 is 15.4 Å². The van der Waals surface area contributed by atoms with E-state index in [2.05, 4.69) is 10.6 Å². The zero-order chi connectivity index (χ0) is 21.7. The van der Waals surface area contributed by atoms with Crippen molar-refractivity contribution in [1.82, 2.24) is 10.6 Å². The molecule has 1 heterocycles. The molecule has 1 aliphatic heterocycles. The molecule has 30 heavy (non-hydrogen) atoms. The van der Waals surface area contributed by atoms with Crippen LogP contribution >= 0.6 is 0 Å². The molecule has 3 rings (SSSR count). The van der Waals surface area contributed by atoms with Gasteiger partial charge in [-0.2, -0.15) is 0 Å². The predicted molar refractivity (Wildman–Crippen MR) is 110 cm³/mol. The van der Waals surface area contributed by atoms with Crippen LogP contribution in [0.5, 0.6) is 5.75 Å². The lowest BCUT2D eigenvalue weighted by Gasteiger charge is -2.28. The van der Waals surface area contributed by atoms with Crippen molar-refractivity contribution in [3.05, 3.63) is 76.7 Å². The molecule has 2 N–H and O–H groups in total. The van der Waals surface area contributed by atoms with Gasteiger partial charge >= 0.3 is 12.0 Å². The van der Waals surface area contributed by atoms with Gasteiger partial charge in [0.1, 0.15) is 18.2 Å². The number of nitrogens with one attached hydrogen (secondary N) is 2. The predicted octanol–water partition coefficient (Wildman–Crippen LogP) is 4.23. The summed E-state index contributed by atoms with van der Waals surface area (Å²) in [5, 5.41) is 5.41. The Morgan fingerprint density at radius 2 is 1.90 bits per heavy atom. The topological polar surface area (TPSA) is 76.7 Å². The number of amides is 2. The SMILES string of the molecule is CC1=C(C(=O)OCC(C)C)C(c2cccc(OCc3ccc(F)cc3)c2)NC(=O)N1. The second-order valence-corrected chi connectivity index (χ2v) is 7.55. The lowest BCUT2D eigenvalue weighted by atomic mass is 9.95. The first-order valence-electron chi connectivity index (χ1n) is 9.76. The van der Waals surface area contributed by atoms with Gasteiger partial charge in [-0.05, 0) is 48.2 Å². The van der Waals surface area contributed by atoms with E-state index < -0.39 is 18.0 Å². The fourth-order valence-electron chi connectivity index (χ4n) is 3.07. The van der Waals surface area contributed by atoms with Gasteiger partial charge < -0.3 is 20.1 Å². The Bertz CT molecular complexity index is 954. The normalized spacial score (nSPS) is 16.2. The van der Waals surface area contributed by atoms with E-state index in [1.165, 1.54) is 12.1 Å². The Hall–Kier alpha value is -3.35. The minimum Gasteiger partial charge on any atom is -0.489 e. The molecule has 2 aromatic carbocycles. The van der Waals surface area contributed by atoms with Crippen molar-refractivity contribution in [3.8, 4) is 5.75 Å². The van der Waals surface area contributed by atoms with Crippen molar-refractivity contribution in [2.45, 2.75) is 33.4 Å². The molecule has 0 bridgehead atoms. The molecule has 0 aliphatic carbocycles. The van der Waals surface area contributed by atoms with Gasteiger partial charge in [0.25, 0.3) is 0 Å². The van der Waals surface area contributed by atoms with Gasteiger partial charge in [0.2, 0.25) is 0 Å². The lowest BCUT2D eigenvalue weighted by Crippen LogP contribution is -2.45. The van der Waals surface area contributed by atoms with Crippen molar-refractivity contribution >= 4 is 12.0 Å². The van der Waals surface area contributed by atoms with E-state index >= 15 is 0 Å². The van der Waals surface area contributed by atoms with Gasteiger partial charge in [0, 0.05) is 5.70 Å². The summed E-state index contributed by atoms with van der Waals surface area (Å²) in [7, 11) is 0. The highest BCUT2D eigenvalue weighted by Gasteiger charge is 2.32. The maximum absolute atomic E-state index is 13.1. The molecular formula is C23H25FN2O4. The molecule has 0 aromatic heterocycles. The molecular weight excluding hydrogens is 387 g/mol. The number of carbonyl (C=O) groups excluding carboxylic acids is 2. The largest absolute Gasteiger partial charge is 0.489 e. The number of esters is 1. The minimum absolute atomic E-state index is 0.197. The molecule has 1 unspecified atom stereocenters. The number of allylic oxidation sites excluding steroid dienone is 1. The number of hydrogen-bond donors (Lipinski definition) is 2. The summed E-state index contributed by atoms with van der Waals surface area (Å²) < 4.78 is 24.3. The van der Waals surface area contributed by atoms with Crippen molar-refractivity contribution in [2.75, 3.05) is 6.61 Å². The summed E-state index contributed by atoms with van der Waals surface area (Å²) in [4.78, 5) is 24.7. The zero-order valence-corrected chi connectivity index (χ0v) is 17.2. The van der Waals surface area contributed by atoms with Crippen LogP contribution in [0.2, 0.25) is 0 Å². The highest BCUT2D eigenvalue weighted by molar-refractivity contribution is 5.95. The molecule has 0 radical (unpaired) electrons. The number of ether oxygens (including phenoxy) is 2.